The molecule has 9 heteroatoms. The van der Waals surface area contributed by atoms with Crippen LogP contribution in [-0.2, 0) is 4.79 Å². The lowest BCUT2D eigenvalue weighted by atomic mass is 10.2. The molecule has 0 saturated carbocycles. The Kier molecular flexibility index (Phi) is 4.95. The van der Waals surface area contributed by atoms with Crippen molar-refractivity contribution >= 4 is 34.4 Å². The van der Waals surface area contributed by atoms with Crippen LogP contribution in [0.3, 0.4) is 0 Å². The third-order valence-electron chi connectivity index (χ3n) is 5.17. The molecule has 1 amide bonds. The molecule has 1 atom stereocenters. The number of aromatic nitrogens is 4. The van der Waals surface area contributed by atoms with Gasteiger partial charge in [-0.2, -0.15) is 5.10 Å². The Morgan fingerprint density at radius 2 is 1.97 bits per heavy atom. The van der Waals surface area contributed by atoms with Crippen molar-refractivity contribution in [1.29, 1.82) is 0 Å². The van der Waals surface area contributed by atoms with E-state index in [0.717, 1.165) is 11.4 Å². The van der Waals surface area contributed by atoms with E-state index in [1.807, 2.05) is 30.3 Å². The summed E-state index contributed by atoms with van der Waals surface area (Å²) in [5.41, 5.74) is 1.88. The highest BCUT2D eigenvalue weighted by Crippen LogP contribution is 2.33. The van der Waals surface area contributed by atoms with E-state index >= 15 is 0 Å². The number of amides is 1. The van der Waals surface area contributed by atoms with Gasteiger partial charge in [0.2, 0.25) is 5.91 Å². The standard InChI is InChI=1S/C22H19N5O3S/c1-30-17-9-7-14(8-10-17)24-19(28)11-16-13-31-22-25-20-18(21(29)26(16)22)12-23-27(20)15-5-3-2-4-6-15/h2-10,12,16H,11,13H2,1H3,(H,24,28)/t16-/m1/s1. The molecule has 3 heterocycles. The number of methoxy groups -OCH3 is 1. The Labute approximate surface area is 181 Å². The van der Waals surface area contributed by atoms with Crippen LogP contribution in [0.2, 0.25) is 0 Å². The van der Waals surface area contributed by atoms with E-state index in [2.05, 4.69) is 10.4 Å². The fraction of sp³-hybridized carbons (Fsp3) is 0.182. The third-order valence-corrected chi connectivity index (χ3v) is 6.26. The van der Waals surface area contributed by atoms with Gasteiger partial charge in [0.15, 0.2) is 10.8 Å². The lowest BCUT2D eigenvalue weighted by Crippen LogP contribution is -2.27. The lowest BCUT2D eigenvalue weighted by molar-refractivity contribution is -0.116. The van der Waals surface area contributed by atoms with Gasteiger partial charge in [-0.3, -0.25) is 14.2 Å². The molecule has 0 radical (unpaired) electrons. The van der Waals surface area contributed by atoms with Gasteiger partial charge < -0.3 is 10.1 Å². The summed E-state index contributed by atoms with van der Waals surface area (Å²) in [6.07, 6.45) is 1.73. The van der Waals surface area contributed by atoms with Crippen LogP contribution in [0.15, 0.2) is 70.7 Å². The molecule has 4 aromatic rings. The van der Waals surface area contributed by atoms with E-state index in [-0.39, 0.29) is 23.9 Å². The minimum absolute atomic E-state index is 0.157. The predicted octanol–water partition coefficient (Wildman–Crippen LogP) is 3.27. The number of carbonyl (C=O) groups is 1. The Hall–Kier alpha value is -3.59. The summed E-state index contributed by atoms with van der Waals surface area (Å²) in [5, 5.41) is 8.29. The van der Waals surface area contributed by atoms with Crippen LogP contribution >= 0.6 is 11.8 Å². The molecule has 1 aliphatic heterocycles. The second-order valence-electron chi connectivity index (χ2n) is 7.14. The van der Waals surface area contributed by atoms with Crippen molar-refractivity contribution in [2.75, 3.05) is 18.2 Å². The van der Waals surface area contributed by atoms with Crippen molar-refractivity contribution in [2.24, 2.45) is 0 Å². The largest absolute Gasteiger partial charge is 0.497 e. The fourth-order valence-electron chi connectivity index (χ4n) is 3.64. The topological polar surface area (TPSA) is 91.0 Å². The second kappa shape index (κ2) is 7.92. The summed E-state index contributed by atoms with van der Waals surface area (Å²) in [6.45, 7) is 0. The molecule has 2 aromatic heterocycles. The molecule has 156 valence electrons. The van der Waals surface area contributed by atoms with Crippen LogP contribution < -0.4 is 15.6 Å². The van der Waals surface area contributed by atoms with Crippen LogP contribution in [-0.4, -0.2) is 38.1 Å². The Morgan fingerprint density at radius 3 is 2.71 bits per heavy atom. The lowest BCUT2D eigenvalue weighted by Gasteiger charge is -2.13. The maximum absolute atomic E-state index is 13.2. The first-order valence-corrected chi connectivity index (χ1v) is 10.7. The Balaban J connectivity index is 1.41. The number of carbonyl (C=O) groups excluding carboxylic acids is 1. The van der Waals surface area contributed by atoms with Crippen LogP contribution in [0.1, 0.15) is 12.5 Å². The number of benzene rings is 2. The number of para-hydroxylation sites is 1. The predicted molar refractivity (Wildman–Crippen MR) is 119 cm³/mol. The molecule has 0 bridgehead atoms. The normalized spacial score (nSPS) is 15.1. The smallest absolute Gasteiger partial charge is 0.265 e. The Bertz CT molecular complexity index is 1310. The molecular formula is C22H19N5O3S. The van der Waals surface area contributed by atoms with E-state index < -0.39 is 0 Å². The van der Waals surface area contributed by atoms with Crippen molar-refractivity contribution in [3.63, 3.8) is 0 Å². The van der Waals surface area contributed by atoms with Gasteiger partial charge in [-0.15, -0.1) is 0 Å². The van der Waals surface area contributed by atoms with E-state index in [1.54, 1.807) is 46.8 Å². The highest BCUT2D eigenvalue weighted by atomic mass is 32.2. The minimum Gasteiger partial charge on any atom is -0.497 e. The summed E-state index contributed by atoms with van der Waals surface area (Å²) < 4.78 is 8.42. The monoisotopic (exact) mass is 433 g/mol. The Morgan fingerprint density at radius 1 is 1.19 bits per heavy atom. The van der Waals surface area contributed by atoms with Crippen LogP contribution in [0, 0.1) is 0 Å². The van der Waals surface area contributed by atoms with Crippen molar-refractivity contribution < 1.29 is 9.53 Å². The summed E-state index contributed by atoms with van der Waals surface area (Å²) in [4.78, 5) is 30.5. The first kappa shape index (κ1) is 19.4. The van der Waals surface area contributed by atoms with Crippen molar-refractivity contribution in [3.05, 3.63) is 71.1 Å². The highest BCUT2D eigenvalue weighted by molar-refractivity contribution is 7.99. The minimum atomic E-state index is -0.261. The van der Waals surface area contributed by atoms with Gasteiger partial charge in [-0.1, -0.05) is 30.0 Å². The number of rotatable bonds is 5. The molecule has 1 aliphatic rings. The van der Waals surface area contributed by atoms with Crippen LogP contribution in [0.4, 0.5) is 5.69 Å². The molecule has 2 aromatic carbocycles. The van der Waals surface area contributed by atoms with E-state index in [1.165, 1.54) is 11.8 Å². The zero-order valence-electron chi connectivity index (χ0n) is 16.7. The fourth-order valence-corrected chi connectivity index (χ4v) is 4.77. The molecule has 0 spiro atoms. The molecule has 0 fully saturated rings. The maximum atomic E-state index is 13.2. The number of hydrogen-bond acceptors (Lipinski definition) is 6. The van der Waals surface area contributed by atoms with Crippen molar-refractivity contribution in [1.82, 2.24) is 19.3 Å². The quantitative estimate of drug-likeness (QED) is 0.486. The average Bonchev–Trinajstić information content (AvgIpc) is 3.40. The second-order valence-corrected chi connectivity index (χ2v) is 8.13. The van der Waals surface area contributed by atoms with Gasteiger partial charge in [0.25, 0.3) is 5.56 Å². The molecule has 8 nitrogen and oxygen atoms in total. The average molecular weight is 433 g/mol. The van der Waals surface area contributed by atoms with E-state index in [9.17, 15) is 9.59 Å². The van der Waals surface area contributed by atoms with Crippen LogP contribution in [0.5, 0.6) is 5.75 Å². The van der Waals surface area contributed by atoms with Crippen LogP contribution in [0.25, 0.3) is 16.7 Å². The summed E-state index contributed by atoms with van der Waals surface area (Å²) in [6, 6.07) is 16.4. The third kappa shape index (κ3) is 3.57. The zero-order chi connectivity index (χ0) is 21.4. The van der Waals surface area contributed by atoms with Gasteiger partial charge in [0.05, 0.1) is 25.0 Å². The number of nitrogens with one attached hydrogen (secondary N) is 1. The maximum Gasteiger partial charge on any atom is 0.265 e. The summed E-state index contributed by atoms with van der Waals surface area (Å²) in [5.74, 6) is 1.18. The first-order chi connectivity index (χ1) is 15.1. The molecule has 0 unspecified atom stereocenters. The molecule has 5 rings (SSSR count). The molecule has 0 saturated heterocycles. The molecule has 0 aliphatic carbocycles. The zero-order valence-corrected chi connectivity index (χ0v) is 17.5. The summed E-state index contributed by atoms with van der Waals surface area (Å²) in [7, 11) is 1.59. The molecule has 1 N–H and O–H groups in total. The van der Waals surface area contributed by atoms with E-state index in [0.29, 0.717) is 27.6 Å². The van der Waals surface area contributed by atoms with Crippen molar-refractivity contribution in [2.45, 2.75) is 17.6 Å². The number of nitrogens with zero attached hydrogens (tertiary/aromatic N) is 4. The number of thioether (sulfide) groups is 1. The van der Waals surface area contributed by atoms with Gasteiger partial charge >= 0.3 is 0 Å². The molecular weight excluding hydrogens is 414 g/mol. The summed E-state index contributed by atoms with van der Waals surface area (Å²) >= 11 is 1.48. The van der Waals surface area contributed by atoms with Gasteiger partial charge in [-0.25, -0.2) is 9.67 Å². The SMILES string of the molecule is COc1ccc(NC(=O)C[C@@H]2CSc3nc4c(cnn4-c4ccccc4)c(=O)n32)cc1. The number of fused-ring (bicyclic) bond motifs is 2. The first-order valence-electron chi connectivity index (χ1n) is 9.76. The number of hydrogen-bond donors (Lipinski definition) is 1. The number of ether oxygens (including phenoxy) is 1. The number of anilines is 1. The van der Waals surface area contributed by atoms with Gasteiger partial charge in [0.1, 0.15) is 11.1 Å². The van der Waals surface area contributed by atoms with Crippen molar-refractivity contribution in [3.8, 4) is 11.4 Å². The van der Waals surface area contributed by atoms with Gasteiger partial charge in [-0.05, 0) is 36.4 Å². The highest BCUT2D eigenvalue weighted by Gasteiger charge is 2.29. The van der Waals surface area contributed by atoms with E-state index in [4.69, 9.17) is 9.72 Å². The van der Waals surface area contributed by atoms with Gasteiger partial charge in [0, 0.05) is 17.9 Å². The molecule has 31 heavy (non-hydrogen) atoms.